The van der Waals surface area contributed by atoms with E-state index < -0.39 is 0 Å². The van der Waals surface area contributed by atoms with Crippen LogP contribution in [0, 0.1) is 11.2 Å². The van der Waals surface area contributed by atoms with Crippen LogP contribution >= 0.6 is 27.7 Å². The zero-order valence-electron chi connectivity index (χ0n) is 11.7. The smallest absolute Gasteiger partial charge is 0.170 e. The van der Waals surface area contributed by atoms with Crippen molar-refractivity contribution in [3.63, 3.8) is 0 Å². The number of halogens is 2. The van der Waals surface area contributed by atoms with Crippen LogP contribution in [0.2, 0.25) is 0 Å². The molecular formula is C14H11BrFN5OS. The minimum atomic E-state index is -0.334. The Balaban J connectivity index is 1.70. The van der Waals surface area contributed by atoms with E-state index in [0.717, 1.165) is 11.3 Å². The summed E-state index contributed by atoms with van der Waals surface area (Å²) in [5.41, 5.74) is 2.40. The Bertz CT molecular complexity index is 820. The van der Waals surface area contributed by atoms with Gasteiger partial charge in [-0.2, -0.15) is 0 Å². The molecule has 1 aromatic carbocycles. The van der Waals surface area contributed by atoms with E-state index in [1.165, 1.54) is 17.8 Å². The molecule has 23 heavy (non-hydrogen) atoms. The van der Waals surface area contributed by atoms with Gasteiger partial charge in [-0.25, -0.2) is 14.0 Å². The SMILES string of the molecule is N=C(Cc1ccc(F)c(Br)c1)c1nonc1SCc1cnc[nH]1. The minimum absolute atomic E-state index is 0.261. The fourth-order valence-electron chi connectivity index (χ4n) is 1.91. The lowest BCUT2D eigenvalue weighted by molar-refractivity contribution is 0.298. The average Bonchev–Trinajstić information content (AvgIpc) is 3.19. The summed E-state index contributed by atoms with van der Waals surface area (Å²) in [7, 11) is 0. The van der Waals surface area contributed by atoms with Crippen LogP contribution in [0.15, 0.2) is 44.9 Å². The van der Waals surface area contributed by atoms with Gasteiger partial charge in [0, 0.05) is 24.1 Å². The first kappa shape index (κ1) is 15.9. The van der Waals surface area contributed by atoms with Crippen LogP contribution in [0.5, 0.6) is 0 Å². The molecule has 0 aliphatic rings. The van der Waals surface area contributed by atoms with E-state index in [-0.39, 0.29) is 11.5 Å². The summed E-state index contributed by atoms with van der Waals surface area (Å²) >= 11 is 4.55. The van der Waals surface area contributed by atoms with E-state index in [2.05, 4.69) is 36.2 Å². The number of aromatic amines is 1. The second-order valence-electron chi connectivity index (χ2n) is 4.69. The number of nitrogens with one attached hydrogen (secondary N) is 2. The predicted octanol–water partition coefficient (Wildman–Crippen LogP) is 3.60. The number of aromatic nitrogens is 4. The highest BCUT2D eigenvalue weighted by atomic mass is 79.9. The molecule has 0 saturated carbocycles. The Morgan fingerprint density at radius 3 is 3.00 bits per heavy atom. The summed E-state index contributed by atoms with van der Waals surface area (Å²) in [6.07, 6.45) is 3.64. The van der Waals surface area contributed by atoms with Crippen LogP contribution in [0.3, 0.4) is 0 Å². The number of benzene rings is 1. The van der Waals surface area contributed by atoms with Gasteiger partial charge < -0.3 is 10.4 Å². The van der Waals surface area contributed by atoms with Crippen molar-refractivity contribution in [3.8, 4) is 0 Å². The number of H-pyrrole nitrogens is 1. The van der Waals surface area contributed by atoms with Crippen LogP contribution in [0.25, 0.3) is 0 Å². The van der Waals surface area contributed by atoms with E-state index in [4.69, 9.17) is 10.0 Å². The van der Waals surface area contributed by atoms with Gasteiger partial charge in [-0.05, 0) is 43.9 Å². The average molecular weight is 396 g/mol. The van der Waals surface area contributed by atoms with Gasteiger partial charge >= 0.3 is 0 Å². The van der Waals surface area contributed by atoms with Crippen molar-refractivity contribution in [2.45, 2.75) is 17.2 Å². The molecule has 3 rings (SSSR count). The maximum atomic E-state index is 13.3. The quantitative estimate of drug-likeness (QED) is 0.491. The Morgan fingerprint density at radius 2 is 2.26 bits per heavy atom. The van der Waals surface area contributed by atoms with Crippen LogP contribution in [0.1, 0.15) is 17.0 Å². The van der Waals surface area contributed by atoms with Gasteiger partial charge in [-0.1, -0.05) is 17.8 Å². The number of nitrogens with zero attached hydrogens (tertiary/aromatic N) is 3. The highest BCUT2D eigenvalue weighted by molar-refractivity contribution is 9.10. The third-order valence-corrected chi connectivity index (χ3v) is 4.63. The maximum absolute atomic E-state index is 13.3. The van der Waals surface area contributed by atoms with Crippen molar-refractivity contribution in [2.24, 2.45) is 0 Å². The van der Waals surface area contributed by atoms with Crippen LogP contribution in [-0.2, 0) is 12.2 Å². The summed E-state index contributed by atoms with van der Waals surface area (Å²) in [5.74, 6) is 0.288. The first-order valence-electron chi connectivity index (χ1n) is 6.58. The second-order valence-corrected chi connectivity index (χ2v) is 6.51. The monoisotopic (exact) mass is 395 g/mol. The lowest BCUT2D eigenvalue weighted by Gasteiger charge is -2.04. The molecule has 0 fully saturated rings. The molecule has 6 nitrogen and oxygen atoms in total. The molecule has 0 spiro atoms. The van der Waals surface area contributed by atoms with E-state index in [1.54, 1.807) is 24.7 Å². The van der Waals surface area contributed by atoms with E-state index in [0.29, 0.717) is 27.4 Å². The van der Waals surface area contributed by atoms with E-state index in [9.17, 15) is 4.39 Å². The number of rotatable bonds is 6. The molecule has 9 heteroatoms. The van der Waals surface area contributed by atoms with Crippen molar-refractivity contribution in [1.29, 1.82) is 5.41 Å². The van der Waals surface area contributed by atoms with Crippen molar-refractivity contribution in [3.05, 3.63) is 58.0 Å². The van der Waals surface area contributed by atoms with Gasteiger partial charge in [0.25, 0.3) is 0 Å². The van der Waals surface area contributed by atoms with Crippen molar-refractivity contribution in [1.82, 2.24) is 20.3 Å². The van der Waals surface area contributed by atoms with Crippen LogP contribution in [-0.4, -0.2) is 26.0 Å². The second kappa shape index (κ2) is 7.05. The Morgan fingerprint density at radius 1 is 1.39 bits per heavy atom. The van der Waals surface area contributed by atoms with Crippen molar-refractivity contribution in [2.75, 3.05) is 0 Å². The molecule has 0 saturated heterocycles. The van der Waals surface area contributed by atoms with Gasteiger partial charge in [0.05, 0.1) is 16.5 Å². The number of hydrogen-bond donors (Lipinski definition) is 2. The Kier molecular flexibility index (Phi) is 4.87. The molecule has 0 unspecified atom stereocenters. The molecule has 2 aromatic heterocycles. The summed E-state index contributed by atoms with van der Waals surface area (Å²) < 4.78 is 18.4. The normalized spacial score (nSPS) is 10.9. The molecule has 0 aliphatic heterocycles. The molecule has 118 valence electrons. The molecule has 3 aromatic rings. The third kappa shape index (κ3) is 3.85. The van der Waals surface area contributed by atoms with Gasteiger partial charge in [-0.3, -0.25) is 0 Å². The topological polar surface area (TPSA) is 91.4 Å². The molecule has 0 atom stereocenters. The lowest BCUT2D eigenvalue weighted by Crippen LogP contribution is -2.06. The molecule has 0 amide bonds. The lowest BCUT2D eigenvalue weighted by atomic mass is 10.1. The molecule has 2 N–H and O–H groups in total. The molecule has 0 bridgehead atoms. The Labute approximate surface area is 143 Å². The summed E-state index contributed by atoms with van der Waals surface area (Å²) in [5, 5.41) is 16.4. The number of thioether (sulfide) groups is 1. The highest BCUT2D eigenvalue weighted by Crippen LogP contribution is 2.24. The summed E-state index contributed by atoms with van der Waals surface area (Å²) in [6, 6.07) is 4.65. The zero-order chi connectivity index (χ0) is 16.2. The number of hydrogen-bond acceptors (Lipinski definition) is 6. The van der Waals surface area contributed by atoms with Gasteiger partial charge in [0.15, 0.2) is 10.7 Å². The third-order valence-electron chi connectivity index (χ3n) is 3.03. The Hall–Kier alpha value is -2.00. The number of imidazole rings is 1. The fraction of sp³-hybridized carbons (Fsp3) is 0.143. The molecule has 2 heterocycles. The summed E-state index contributed by atoms with van der Waals surface area (Å²) in [6.45, 7) is 0. The minimum Gasteiger partial charge on any atom is -0.348 e. The van der Waals surface area contributed by atoms with E-state index >= 15 is 0 Å². The highest BCUT2D eigenvalue weighted by Gasteiger charge is 2.17. The van der Waals surface area contributed by atoms with Gasteiger partial charge in [0.1, 0.15) is 5.82 Å². The van der Waals surface area contributed by atoms with Crippen molar-refractivity contribution < 1.29 is 9.02 Å². The first-order chi connectivity index (χ1) is 11.1. The van der Waals surface area contributed by atoms with E-state index in [1.807, 2.05) is 0 Å². The standard InChI is InChI=1S/C14H11BrFN5OS/c15-10-3-8(1-2-11(10)16)4-12(17)13-14(21-22-20-13)23-6-9-5-18-7-19-9/h1-3,5,7,17H,4,6H2,(H,18,19). The van der Waals surface area contributed by atoms with Crippen LogP contribution < -0.4 is 0 Å². The first-order valence-corrected chi connectivity index (χ1v) is 8.35. The van der Waals surface area contributed by atoms with Crippen molar-refractivity contribution >= 4 is 33.4 Å². The predicted molar refractivity (Wildman–Crippen MR) is 87.1 cm³/mol. The zero-order valence-corrected chi connectivity index (χ0v) is 14.1. The molecule has 0 aliphatic carbocycles. The molecule has 0 radical (unpaired) electrons. The fourth-order valence-corrected chi connectivity index (χ4v) is 3.17. The maximum Gasteiger partial charge on any atom is 0.170 e. The van der Waals surface area contributed by atoms with Gasteiger partial charge in [-0.15, -0.1) is 0 Å². The molecular weight excluding hydrogens is 385 g/mol. The van der Waals surface area contributed by atoms with Gasteiger partial charge in [0.2, 0.25) is 0 Å². The largest absolute Gasteiger partial charge is 0.348 e. The van der Waals surface area contributed by atoms with Crippen LogP contribution in [0.4, 0.5) is 4.39 Å². The summed E-state index contributed by atoms with van der Waals surface area (Å²) in [4.78, 5) is 6.94.